The molecular formula is C17H18N6O2. The number of hydrogen-bond acceptors (Lipinski definition) is 4. The van der Waals surface area contributed by atoms with Crippen molar-refractivity contribution in [2.24, 2.45) is 7.05 Å². The van der Waals surface area contributed by atoms with Crippen molar-refractivity contribution in [2.45, 2.75) is 18.5 Å². The minimum atomic E-state index is -0.337. The van der Waals surface area contributed by atoms with Crippen LogP contribution in [0.3, 0.4) is 0 Å². The van der Waals surface area contributed by atoms with Gasteiger partial charge in [-0.15, -0.1) is 0 Å². The lowest BCUT2D eigenvalue weighted by atomic mass is 10.1. The molecular weight excluding hydrogens is 320 g/mol. The number of carbonyl (C=O) groups excluding carboxylic acids is 2. The van der Waals surface area contributed by atoms with Crippen LogP contribution in [0.2, 0.25) is 0 Å². The molecule has 4 rings (SSSR count). The molecule has 0 bridgehead atoms. The Hall–Kier alpha value is -3.16. The normalized spacial score (nSPS) is 20.4. The van der Waals surface area contributed by atoms with Crippen LogP contribution >= 0.6 is 0 Å². The average Bonchev–Trinajstić information content (AvgIpc) is 3.27. The van der Waals surface area contributed by atoms with Crippen molar-refractivity contribution in [3.8, 4) is 0 Å². The summed E-state index contributed by atoms with van der Waals surface area (Å²) in [6, 6.07) is 8.72. The van der Waals surface area contributed by atoms with Gasteiger partial charge in [0.2, 0.25) is 5.91 Å². The summed E-state index contributed by atoms with van der Waals surface area (Å²) in [6.45, 7) is 0. The van der Waals surface area contributed by atoms with Crippen LogP contribution in [-0.2, 0) is 11.8 Å². The average molecular weight is 338 g/mol. The monoisotopic (exact) mass is 338 g/mol. The van der Waals surface area contributed by atoms with Crippen molar-refractivity contribution < 1.29 is 9.59 Å². The number of aromatic nitrogens is 4. The number of aromatic amines is 1. The maximum Gasteiger partial charge on any atom is 0.272 e. The van der Waals surface area contributed by atoms with Gasteiger partial charge in [0.05, 0.1) is 23.3 Å². The first-order chi connectivity index (χ1) is 12.1. The SMILES string of the molecule is CN1C(=O)C[C@@H](NC(=O)c2n[nH]c3ccccc23)[C@@H]1c1ccnn1C. The van der Waals surface area contributed by atoms with E-state index in [0.717, 1.165) is 16.6 Å². The fourth-order valence-electron chi connectivity index (χ4n) is 3.45. The molecule has 128 valence electrons. The summed E-state index contributed by atoms with van der Waals surface area (Å²) in [5, 5.41) is 14.9. The summed E-state index contributed by atoms with van der Waals surface area (Å²) in [6.07, 6.45) is 1.94. The molecule has 0 aliphatic carbocycles. The Morgan fingerprint density at radius 1 is 1.28 bits per heavy atom. The van der Waals surface area contributed by atoms with E-state index in [-0.39, 0.29) is 30.3 Å². The fraction of sp³-hybridized carbons (Fsp3) is 0.294. The lowest BCUT2D eigenvalue weighted by Gasteiger charge is -2.25. The standard InChI is InChI=1S/C17H18N6O2/c1-22-14(24)9-12(16(22)13-7-8-18-23(13)2)19-17(25)15-10-5-3-4-6-11(10)20-21-15/h3-8,12,16H,9H2,1-2H3,(H,19,25)(H,20,21)/t12-,16-/m1/s1. The van der Waals surface area contributed by atoms with E-state index in [9.17, 15) is 9.59 Å². The topological polar surface area (TPSA) is 95.9 Å². The van der Waals surface area contributed by atoms with E-state index in [2.05, 4.69) is 20.6 Å². The van der Waals surface area contributed by atoms with Gasteiger partial charge in [0.15, 0.2) is 5.69 Å². The zero-order valence-electron chi connectivity index (χ0n) is 13.9. The number of likely N-dealkylation sites (tertiary alicyclic amines) is 1. The predicted molar refractivity (Wildman–Crippen MR) is 90.7 cm³/mol. The lowest BCUT2D eigenvalue weighted by Crippen LogP contribution is -2.40. The number of para-hydroxylation sites is 1. The third kappa shape index (κ3) is 2.46. The van der Waals surface area contributed by atoms with Crippen LogP contribution in [0.25, 0.3) is 10.9 Å². The number of carbonyl (C=O) groups is 2. The summed E-state index contributed by atoms with van der Waals surface area (Å²) in [5.74, 6) is -0.305. The van der Waals surface area contributed by atoms with Gasteiger partial charge in [-0.1, -0.05) is 18.2 Å². The molecule has 8 nitrogen and oxygen atoms in total. The molecule has 8 heteroatoms. The molecule has 3 aromatic rings. The first-order valence-electron chi connectivity index (χ1n) is 8.04. The highest BCUT2D eigenvalue weighted by molar-refractivity contribution is 6.05. The van der Waals surface area contributed by atoms with Crippen LogP contribution in [0.15, 0.2) is 36.5 Å². The highest BCUT2D eigenvalue weighted by Crippen LogP contribution is 2.31. The summed E-state index contributed by atoms with van der Waals surface area (Å²) < 4.78 is 1.73. The van der Waals surface area contributed by atoms with Crippen molar-refractivity contribution in [1.82, 2.24) is 30.2 Å². The quantitative estimate of drug-likeness (QED) is 0.745. The Bertz CT molecular complexity index is 959. The first kappa shape index (κ1) is 15.4. The van der Waals surface area contributed by atoms with Crippen LogP contribution in [0.4, 0.5) is 0 Å². The Kier molecular flexibility index (Phi) is 3.52. The van der Waals surface area contributed by atoms with Crippen molar-refractivity contribution in [3.63, 3.8) is 0 Å². The zero-order valence-corrected chi connectivity index (χ0v) is 13.9. The Morgan fingerprint density at radius 2 is 2.08 bits per heavy atom. The van der Waals surface area contributed by atoms with Gasteiger partial charge in [-0.3, -0.25) is 19.4 Å². The van der Waals surface area contributed by atoms with Gasteiger partial charge in [0.1, 0.15) is 0 Å². The highest BCUT2D eigenvalue weighted by Gasteiger charge is 2.41. The lowest BCUT2D eigenvalue weighted by molar-refractivity contribution is -0.127. The van der Waals surface area contributed by atoms with Crippen molar-refractivity contribution in [2.75, 3.05) is 7.05 Å². The molecule has 25 heavy (non-hydrogen) atoms. The van der Waals surface area contributed by atoms with E-state index in [1.807, 2.05) is 37.4 Å². The van der Waals surface area contributed by atoms with Gasteiger partial charge in [-0.05, 0) is 12.1 Å². The number of rotatable bonds is 3. The van der Waals surface area contributed by atoms with Crippen LogP contribution in [-0.4, -0.2) is 49.8 Å². The van der Waals surface area contributed by atoms with E-state index in [0.29, 0.717) is 5.69 Å². The fourth-order valence-corrected chi connectivity index (χ4v) is 3.45. The minimum absolute atomic E-state index is 0.0108. The number of H-pyrrole nitrogens is 1. The molecule has 1 saturated heterocycles. The van der Waals surface area contributed by atoms with Crippen LogP contribution in [0, 0.1) is 0 Å². The summed E-state index contributed by atoms with van der Waals surface area (Å²) in [4.78, 5) is 26.6. The maximum atomic E-state index is 12.7. The number of benzene rings is 1. The molecule has 2 atom stereocenters. The molecule has 0 unspecified atom stereocenters. The molecule has 3 heterocycles. The number of hydrogen-bond donors (Lipinski definition) is 2. The molecule has 0 saturated carbocycles. The van der Waals surface area contributed by atoms with Crippen LogP contribution in [0.1, 0.15) is 28.6 Å². The number of amides is 2. The van der Waals surface area contributed by atoms with Crippen molar-refractivity contribution >= 4 is 22.7 Å². The van der Waals surface area contributed by atoms with E-state index in [4.69, 9.17) is 0 Å². The van der Waals surface area contributed by atoms with Gasteiger partial charge in [-0.25, -0.2) is 0 Å². The van der Waals surface area contributed by atoms with Gasteiger partial charge < -0.3 is 10.2 Å². The number of nitrogens with zero attached hydrogens (tertiary/aromatic N) is 4. The second-order valence-corrected chi connectivity index (χ2v) is 6.23. The third-order valence-corrected chi connectivity index (χ3v) is 4.75. The van der Waals surface area contributed by atoms with E-state index in [1.54, 1.807) is 22.8 Å². The number of likely N-dealkylation sites (N-methyl/N-ethyl adjacent to an activating group) is 1. The molecule has 2 N–H and O–H groups in total. The molecule has 0 radical (unpaired) electrons. The summed E-state index contributed by atoms with van der Waals surface area (Å²) >= 11 is 0. The number of aryl methyl sites for hydroxylation is 1. The molecule has 0 spiro atoms. The van der Waals surface area contributed by atoms with E-state index < -0.39 is 0 Å². The second-order valence-electron chi connectivity index (χ2n) is 6.23. The number of nitrogens with one attached hydrogen (secondary N) is 2. The minimum Gasteiger partial charge on any atom is -0.345 e. The van der Waals surface area contributed by atoms with Crippen LogP contribution in [0.5, 0.6) is 0 Å². The zero-order chi connectivity index (χ0) is 17.6. The second kappa shape index (κ2) is 5.73. The van der Waals surface area contributed by atoms with Gasteiger partial charge >= 0.3 is 0 Å². The Labute approximate surface area is 143 Å². The van der Waals surface area contributed by atoms with Crippen LogP contribution < -0.4 is 5.32 Å². The molecule has 2 aromatic heterocycles. The highest BCUT2D eigenvalue weighted by atomic mass is 16.2. The molecule has 2 amide bonds. The Morgan fingerprint density at radius 3 is 2.84 bits per heavy atom. The largest absolute Gasteiger partial charge is 0.345 e. The van der Waals surface area contributed by atoms with Gasteiger partial charge in [0, 0.05) is 32.1 Å². The molecule has 1 aliphatic heterocycles. The Balaban J connectivity index is 1.63. The smallest absolute Gasteiger partial charge is 0.272 e. The summed E-state index contributed by atoms with van der Waals surface area (Å²) in [7, 11) is 3.57. The molecule has 1 fully saturated rings. The van der Waals surface area contributed by atoms with Crippen molar-refractivity contribution in [1.29, 1.82) is 0 Å². The molecule has 1 aromatic carbocycles. The van der Waals surface area contributed by atoms with Gasteiger partial charge in [-0.2, -0.15) is 10.2 Å². The number of fused-ring (bicyclic) bond motifs is 1. The first-order valence-corrected chi connectivity index (χ1v) is 8.04. The van der Waals surface area contributed by atoms with Gasteiger partial charge in [0.25, 0.3) is 5.91 Å². The predicted octanol–water partition coefficient (Wildman–Crippen LogP) is 0.998. The molecule has 1 aliphatic rings. The van der Waals surface area contributed by atoms with Crippen molar-refractivity contribution in [3.05, 3.63) is 47.9 Å². The third-order valence-electron chi connectivity index (χ3n) is 4.75. The van der Waals surface area contributed by atoms with E-state index in [1.165, 1.54) is 0 Å². The maximum absolute atomic E-state index is 12.7. The summed E-state index contributed by atoms with van der Waals surface area (Å²) in [5.41, 5.74) is 2.02. The van der Waals surface area contributed by atoms with E-state index >= 15 is 0 Å².